The standard InChI is InChI=1S/C21H17N3O4S/c1-13-4-5-15(11-17(13)24(27)28)20(25)22-16-7-6-14-8-9-23(18(14)12-16)21(26)19-3-2-10-29-19/h2-7,10-12H,8-9H2,1H3,(H,22,25). The highest BCUT2D eigenvalue weighted by atomic mass is 32.1. The van der Waals surface area contributed by atoms with Crippen molar-refractivity contribution < 1.29 is 14.5 Å². The molecular formula is C21H17N3O4S. The van der Waals surface area contributed by atoms with E-state index in [1.165, 1.54) is 17.4 Å². The quantitative estimate of drug-likeness (QED) is 0.512. The number of anilines is 2. The molecule has 7 nitrogen and oxygen atoms in total. The number of carbonyl (C=O) groups excluding carboxylic acids is 2. The van der Waals surface area contributed by atoms with Crippen LogP contribution in [0.25, 0.3) is 0 Å². The fourth-order valence-electron chi connectivity index (χ4n) is 3.35. The SMILES string of the molecule is Cc1ccc(C(=O)Nc2ccc3c(c2)N(C(=O)c2cccs2)CC3)cc1[N+](=O)[O-]. The van der Waals surface area contributed by atoms with Gasteiger partial charge in [0.25, 0.3) is 17.5 Å². The van der Waals surface area contributed by atoms with Gasteiger partial charge in [0.2, 0.25) is 0 Å². The zero-order valence-electron chi connectivity index (χ0n) is 15.5. The molecule has 0 saturated carbocycles. The topological polar surface area (TPSA) is 92.6 Å². The summed E-state index contributed by atoms with van der Waals surface area (Å²) < 4.78 is 0. The van der Waals surface area contributed by atoms with Crippen LogP contribution in [-0.4, -0.2) is 23.3 Å². The molecule has 8 heteroatoms. The van der Waals surface area contributed by atoms with Crippen LogP contribution >= 0.6 is 11.3 Å². The molecule has 2 heterocycles. The van der Waals surface area contributed by atoms with Gasteiger partial charge in [-0.25, -0.2) is 0 Å². The third-order valence-electron chi connectivity index (χ3n) is 4.88. The molecule has 1 N–H and O–H groups in total. The molecule has 0 spiro atoms. The van der Waals surface area contributed by atoms with Crippen LogP contribution in [0.3, 0.4) is 0 Å². The maximum Gasteiger partial charge on any atom is 0.273 e. The van der Waals surface area contributed by atoms with Gasteiger partial charge in [-0.05, 0) is 48.6 Å². The first-order valence-corrected chi connectivity index (χ1v) is 9.86. The largest absolute Gasteiger partial charge is 0.322 e. The Hall–Kier alpha value is -3.52. The summed E-state index contributed by atoms with van der Waals surface area (Å²) in [6, 6.07) is 13.4. The fourth-order valence-corrected chi connectivity index (χ4v) is 4.02. The molecule has 0 aliphatic carbocycles. The van der Waals surface area contributed by atoms with Crippen LogP contribution < -0.4 is 10.2 Å². The summed E-state index contributed by atoms with van der Waals surface area (Å²) in [6.07, 6.45) is 0.755. The zero-order valence-corrected chi connectivity index (χ0v) is 16.4. The van der Waals surface area contributed by atoms with Crippen molar-refractivity contribution in [1.29, 1.82) is 0 Å². The molecule has 4 rings (SSSR count). The number of fused-ring (bicyclic) bond motifs is 1. The molecule has 1 aliphatic rings. The van der Waals surface area contributed by atoms with Gasteiger partial charge < -0.3 is 10.2 Å². The van der Waals surface area contributed by atoms with E-state index in [2.05, 4.69) is 5.32 Å². The summed E-state index contributed by atoms with van der Waals surface area (Å²) in [5, 5.41) is 15.8. The number of thiophene rings is 1. The normalized spacial score (nSPS) is 12.5. The van der Waals surface area contributed by atoms with Crippen LogP contribution in [0.2, 0.25) is 0 Å². The van der Waals surface area contributed by atoms with Crippen molar-refractivity contribution >= 4 is 40.2 Å². The van der Waals surface area contributed by atoms with E-state index in [0.29, 0.717) is 22.7 Å². The lowest BCUT2D eigenvalue weighted by molar-refractivity contribution is -0.385. The molecule has 0 bridgehead atoms. The van der Waals surface area contributed by atoms with Crippen molar-refractivity contribution in [3.05, 3.63) is 85.6 Å². The van der Waals surface area contributed by atoms with E-state index in [1.807, 2.05) is 17.5 Å². The molecule has 29 heavy (non-hydrogen) atoms. The molecule has 2 aromatic carbocycles. The predicted molar refractivity (Wildman–Crippen MR) is 112 cm³/mol. The van der Waals surface area contributed by atoms with Crippen LogP contribution in [0, 0.1) is 17.0 Å². The fraction of sp³-hybridized carbons (Fsp3) is 0.143. The highest BCUT2D eigenvalue weighted by molar-refractivity contribution is 7.12. The summed E-state index contributed by atoms with van der Waals surface area (Å²) in [4.78, 5) is 38.3. The number of carbonyl (C=O) groups is 2. The maximum atomic E-state index is 12.7. The molecule has 0 saturated heterocycles. The highest BCUT2D eigenvalue weighted by Crippen LogP contribution is 2.33. The molecular weight excluding hydrogens is 390 g/mol. The minimum atomic E-state index is -0.504. The van der Waals surface area contributed by atoms with E-state index < -0.39 is 10.8 Å². The molecule has 2 amide bonds. The van der Waals surface area contributed by atoms with Gasteiger partial charge >= 0.3 is 0 Å². The van der Waals surface area contributed by atoms with Crippen molar-refractivity contribution in [2.45, 2.75) is 13.3 Å². The average molecular weight is 407 g/mol. The van der Waals surface area contributed by atoms with Crippen LogP contribution in [-0.2, 0) is 6.42 Å². The minimum absolute atomic E-state index is 0.0589. The van der Waals surface area contributed by atoms with Crippen molar-refractivity contribution in [2.24, 2.45) is 0 Å². The van der Waals surface area contributed by atoms with E-state index in [-0.39, 0.29) is 17.2 Å². The van der Waals surface area contributed by atoms with Gasteiger partial charge in [-0.2, -0.15) is 0 Å². The molecule has 0 atom stereocenters. The Kier molecular flexibility index (Phi) is 4.85. The Morgan fingerprint density at radius 1 is 1.17 bits per heavy atom. The molecule has 1 aromatic heterocycles. The predicted octanol–water partition coefficient (Wildman–Crippen LogP) is 4.42. The Morgan fingerprint density at radius 3 is 2.72 bits per heavy atom. The van der Waals surface area contributed by atoms with E-state index >= 15 is 0 Å². The lowest BCUT2D eigenvalue weighted by Gasteiger charge is -2.17. The molecule has 1 aliphatic heterocycles. The Morgan fingerprint density at radius 2 is 2.00 bits per heavy atom. The summed E-state index contributed by atoms with van der Waals surface area (Å²) in [5.74, 6) is -0.501. The summed E-state index contributed by atoms with van der Waals surface area (Å²) in [5.41, 5.74) is 2.94. The van der Waals surface area contributed by atoms with Gasteiger partial charge in [-0.1, -0.05) is 18.2 Å². The maximum absolute atomic E-state index is 12.7. The smallest absolute Gasteiger partial charge is 0.273 e. The van der Waals surface area contributed by atoms with Crippen LogP contribution in [0.1, 0.15) is 31.2 Å². The molecule has 0 unspecified atom stereocenters. The van der Waals surface area contributed by atoms with Gasteiger partial charge in [0, 0.05) is 35.1 Å². The molecule has 0 fully saturated rings. The van der Waals surface area contributed by atoms with E-state index in [9.17, 15) is 19.7 Å². The lowest BCUT2D eigenvalue weighted by atomic mass is 10.1. The lowest BCUT2D eigenvalue weighted by Crippen LogP contribution is -2.28. The van der Waals surface area contributed by atoms with Gasteiger partial charge in [0.05, 0.1) is 9.80 Å². The highest BCUT2D eigenvalue weighted by Gasteiger charge is 2.26. The average Bonchev–Trinajstić information content (AvgIpc) is 3.37. The van der Waals surface area contributed by atoms with Crippen LogP contribution in [0.15, 0.2) is 53.9 Å². The van der Waals surface area contributed by atoms with Gasteiger partial charge in [0.15, 0.2) is 0 Å². The number of hydrogen-bond acceptors (Lipinski definition) is 5. The number of rotatable bonds is 4. The van der Waals surface area contributed by atoms with Crippen molar-refractivity contribution in [1.82, 2.24) is 0 Å². The van der Waals surface area contributed by atoms with Crippen molar-refractivity contribution in [2.75, 3.05) is 16.8 Å². The Bertz CT molecular complexity index is 1120. The van der Waals surface area contributed by atoms with Crippen molar-refractivity contribution in [3.8, 4) is 0 Å². The summed E-state index contributed by atoms with van der Waals surface area (Å²) >= 11 is 1.39. The van der Waals surface area contributed by atoms with Crippen molar-refractivity contribution in [3.63, 3.8) is 0 Å². The molecule has 146 valence electrons. The van der Waals surface area contributed by atoms with E-state index in [0.717, 1.165) is 17.7 Å². The van der Waals surface area contributed by atoms with Crippen LogP contribution in [0.5, 0.6) is 0 Å². The van der Waals surface area contributed by atoms with Gasteiger partial charge in [0.1, 0.15) is 0 Å². The number of benzene rings is 2. The van der Waals surface area contributed by atoms with E-state index in [4.69, 9.17) is 0 Å². The summed E-state index contributed by atoms with van der Waals surface area (Å²) in [6.45, 7) is 2.22. The first-order valence-electron chi connectivity index (χ1n) is 8.99. The number of nitro benzene ring substituents is 1. The third-order valence-corrected chi connectivity index (χ3v) is 5.74. The molecule has 3 aromatic rings. The third kappa shape index (κ3) is 3.62. The number of aryl methyl sites for hydroxylation is 1. The number of nitro groups is 1. The van der Waals surface area contributed by atoms with Crippen LogP contribution in [0.4, 0.5) is 17.1 Å². The second kappa shape index (κ2) is 7.48. The van der Waals surface area contributed by atoms with Gasteiger partial charge in [-0.15, -0.1) is 11.3 Å². The second-order valence-electron chi connectivity index (χ2n) is 6.74. The number of nitrogens with zero attached hydrogens (tertiary/aromatic N) is 2. The Labute approximate surface area is 170 Å². The Balaban J connectivity index is 1.58. The van der Waals surface area contributed by atoms with E-state index in [1.54, 1.807) is 42.2 Å². The number of amides is 2. The monoisotopic (exact) mass is 407 g/mol. The first kappa shape index (κ1) is 18.8. The zero-order chi connectivity index (χ0) is 20.5. The number of nitrogens with one attached hydrogen (secondary N) is 1. The minimum Gasteiger partial charge on any atom is -0.322 e. The summed E-state index contributed by atoms with van der Waals surface area (Å²) in [7, 11) is 0. The van der Waals surface area contributed by atoms with Gasteiger partial charge in [-0.3, -0.25) is 19.7 Å². The second-order valence-corrected chi connectivity index (χ2v) is 7.69. The first-order chi connectivity index (χ1) is 13.9. The number of hydrogen-bond donors (Lipinski definition) is 1. The molecule has 0 radical (unpaired) electrons.